The molecule has 3 rings (SSSR count). The van der Waals surface area contributed by atoms with E-state index < -0.39 is 12.7 Å². The van der Waals surface area contributed by atoms with Crippen LogP contribution in [0.2, 0.25) is 0 Å². The molecule has 2 heterocycles. The molecule has 1 aliphatic rings. The van der Waals surface area contributed by atoms with Gasteiger partial charge in [0.1, 0.15) is 6.54 Å². The second-order valence-electron chi connectivity index (χ2n) is 6.57. The highest BCUT2D eigenvalue weighted by Gasteiger charge is 2.30. The van der Waals surface area contributed by atoms with E-state index in [1.807, 2.05) is 6.07 Å². The molecule has 1 N–H and O–H groups in total. The van der Waals surface area contributed by atoms with E-state index in [1.54, 1.807) is 25.1 Å². The molecule has 0 spiro atoms. The van der Waals surface area contributed by atoms with Crippen molar-refractivity contribution in [1.82, 2.24) is 9.47 Å². The number of hydrogen-bond acceptors (Lipinski definition) is 2. The van der Waals surface area contributed by atoms with Gasteiger partial charge in [-0.2, -0.15) is 13.2 Å². The van der Waals surface area contributed by atoms with Crippen molar-refractivity contribution in [1.29, 1.82) is 0 Å². The van der Waals surface area contributed by atoms with Gasteiger partial charge in [-0.15, -0.1) is 0 Å². The minimum atomic E-state index is -4.28. The fourth-order valence-corrected chi connectivity index (χ4v) is 3.36. The summed E-state index contributed by atoms with van der Waals surface area (Å²) in [6, 6.07) is 7.56. The van der Waals surface area contributed by atoms with E-state index in [4.69, 9.17) is 0 Å². The Kier molecular flexibility index (Phi) is 4.96. The van der Waals surface area contributed by atoms with Crippen LogP contribution in [0.15, 0.2) is 24.3 Å². The first kappa shape index (κ1) is 17.7. The number of benzene rings is 1. The first-order valence-electron chi connectivity index (χ1n) is 8.44. The second kappa shape index (κ2) is 7.01. The van der Waals surface area contributed by atoms with E-state index in [0.717, 1.165) is 37.0 Å². The number of nitrogens with zero attached hydrogens (tertiary/aromatic N) is 2. The van der Waals surface area contributed by atoms with Crippen molar-refractivity contribution >= 4 is 16.6 Å². The first-order chi connectivity index (χ1) is 11.9. The third-order valence-electron chi connectivity index (χ3n) is 4.61. The Balaban J connectivity index is 1.97. The summed E-state index contributed by atoms with van der Waals surface area (Å²) in [6.07, 6.45) is -2.23. The number of alkyl halides is 3. The maximum Gasteiger partial charge on any atom is 0.406 e. The molecule has 1 aliphatic heterocycles. The van der Waals surface area contributed by atoms with Crippen molar-refractivity contribution in [2.45, 2.75) is 38.5 Å². The average molecular weight is 349 g/mol. The van der Waals surface area contributed by atoms with Gasteiger partial charge < -0.3 is 14.8 Å². The summed E-state index contributed by atoms with van der Waals surface area (Å²) >= 11 is 0. The number of fused-ring (bicyclic) bond motifs is 1. The van der Waals surface area contributed by atoms with E-state index in [-0.39, 0.29) is 0 Å². The fourth-order valence-electron chi connectivity index (χ4n) is 3.36. The summed E-state index contributed by atoms with van der Waals surface area (Å²) in [7, 11) is 2.10. The van der Waals surface area contributed by atoms with Gasteiger partial charge in [-0.3, -0.25) is 0 Å². The lowest BCUT2D eigenvalue weighted by Gasteiger charge is -2.30. The number of rotatable bonds is 3. The Bertz CT molecular complexity index is 803. The van der Waals surface area contributed by atoms with Gasteiger partial charge in [-0.05, 0) is 64.0 Å². The van der Waals surface area contributed by atoms with Crippen LogP contribution in [0.3, 0.4) is 0 Å². The molecular weight excluding hydrogens is 327 g/mol. The molecule has 3 nitrogen and oxygen atoms in total. The smallest absolute Gasteiger partial charge is 0.382 e. The minimum Gasteiger partial charge on any atom is -0.382 e. The lowest BCUT2D eigenvalue weighted by atomic mass is 10.0. The zero-order valence-corrected chi connectivity index (χ0v) is 14.5. The molecule has 0 unspecified atom stereocenters. The second-order valence-corrected chi connectivity index (χ2v) is 6.57. The van der Waals surface area contributed by atoms with Gasteiger partial charge in [0.05, 0.1) is 11.2 Å². The minimum absolute atomic E-state index is 0.341. The quantitative estimate of drug-likeness (QED) is 0.843. The van der Waals surface area contributed by atoms with Gasteiger partial charge >= 0.3 is 6.18 Å². The topological polar surface area (TPSA) is 20.2 Å². The van der Waals surface area contributed by atoms with Crippen LogP contribution in [0.4, 0.5) is 18.9 Å². The van der Waals surface area contributed by atoms with Gasteiger partial charge in [0, 0.05) is 17.1 Å². The van der Waals surface area contributed by atoms with E-state index in [1.165, 1.54) is 4.57 Å². The number of piperidine rings is 1. The molecule has 1 saturated heterocycles. The Labute approximate surface area is 145 Å². The molecule has 0 aliphatic carbocycles. The number of anilines is 1. The monoisotopic (exact) mass is 349 g/mol. The predicted molar refractivity (Wildman–Crippen MR) is 94.7 cm³/mol. The molecule has 0 amide bonds. The molecule has 6 heteroatoms. The summed E-state index contributed by atoms with van der Waals surface area (Å²) in [6.45, 7) is 2.65. The van der Waals surface area contributed by atoms with E-state index in [9.17, 15) is 13.2 Å². The van der Waals surface area contributed by atoms with Crippen LogP contribution in [-0.2, 0) is 6.54 Å². The van der Waals surface area contributed by atoms with Crippen LogP contribution >= 0.6 is 0 Å². The van der Waals surface area contributed by atoms with Crippen molar-refractivity contribution < 1.29 is 13.2 Å². The van der Waals surface area contributed by atoms with Crippen LogP contribution in [0, 0.1) is 11.8 Å². The van der Waals surface area contributed by atoms with Gasteiger partial charge in [-0.1, -0.05) is 12.0 Å². The van der Waals surface area contributed by atoms with Crippen molar-refractivity contribution in [3.63, 3.8) is 0 Å². The predicted octanol–water partition coefficient (Wildman–Crippen LogP) is 4.08. The van der Waals surface area contributed by atoms with Crippen LogP contribution in [0.25, 0.3) is 10.9 Å². The highest BCUT2D eigenvalue weighted by Crippen LogP contribution is 2.31. The lowest BCUT2D eigenvalue weighted by Crippen LogP contribution is -2.36. The molecule has 1 aromatic heterocycles. The Morgan fingerprint density at radius 3 is 2.60 bits per heavy atom. The number of aromatic nitrogens is 1. The van der Waals surface area contributed by atoms with Crippen molar-refractivity contribution in [3.05, 3.63) is 30.0 Å². The number of likely N-dealkylation sites (tertiary alicyclic amines) is 1. The van der Waals surface area contributed by atoms with E-state index in [2.05, 4.69) is 29.1 Å². The average Bonchev–Trinajstić information content (AvgIpc) is 2.87. The Hall–Kier alpha value is -2.13. The molecule has 1 fully saturated rings. The summed E-state index contributed by atoms with van der Waals surface area (Å²) in [4.78, 5) is 2.29. The van der Waals surface area contributed by atoms with Crippen LogP contribution in [0.5, 0.6) is 0 Å². The third-order valence-corrected chi connectivity index (χ3v) is 4.61. The normalized spacial score (nSPS) is 16.7. The van der Waals surface area contributed by atoms with Crippen LogP contribution < -0.4 is 5.32 Å². The molecule has 134 valence electrons. The zero-order chi connectivity index (χ0) is 18.0. The maximum atomic E-state index is 13.0. The van der Waals surface area contributed by atoms with Gasteiger partial charge in [0.2, 0.25) is 0 Å². The number of hydrogen-bond donors (Lipinski definition) is 1. The summed E-state index contributed by atoms with van der Waals surface area (Å²) in [5, 5.41) is 4.32. The molecule has 0 atom stereocenters. The zero-order valence-electron chi connectivity index (χ0n) is 14.5. The molecule has 25 heavy (non-hydrogen) atoms. The molecule has 0 saturated carbocycles. The van der Waals surface area contributed by atoms with Crippen LogP contribution in [0.1, 0.15) is 25.5 Å². The van der Waals surface area contributed by atoms with Gasteiger partial charge in [0.15, 0.2) is 0 Å². The lowest BCUT2D eigenvalue weighted by molar-refractivity contribution is -0.140. The van der Waals surface area contributed by atoms with E-state index >= 15 is 0 Å². The Morgan fingerprint density at radius 1 is 1.24 bits per heavy atom. The van der Waals surface area contributed by atoms with Gasteiger partial charge in [-0.25, -0.2) is 0 Å². The maximum absolute atomic E-state index is 13.0. The third kappa shape index (κ3) is 4.10. The summed E-state index contributed by atoms with van der Waals surface area (Å²) in [5.41, 5.74) is 1.84. The summed E-state index contributed by atoms with van der Waals surface area (Å²) < 4.78 is 40.2. The van der Waals surface area contributed by atoms with Crippen molar-refractivity contribution in [2.24, 2.45) is 0 Å². The highest BCUT2D eigenvalue weighted by atomic mass is 19.4. The largest absolute Gasteiger partial charge is 0.406 e. The Morgan fingerprint density at radius 2 is 1.96 bits per heavy atom. The molecule has 1 aromatic carbocycles. The number of nitrogens with one attached hydrogen (secondary N) is 1. The fraction of sp³-hybridized carbons (Fsp3) is 0.474. The molecule has 2 aromatic rings. The molecular formula is C19H22F3N3. The first-order valence-corrected chi connectivity index (χ1v) is 8.44. The van der Waals surface area contributed by atoms with Crippen molar-refractivity contribution in [3.8, 4) is 11.8 Å². The molecule has 0 radical (unpaired) electrons. The summed E-state index contributed by atoms with van der Waals surface area (Å²) in [5.74, 6) is 5.52. The van der Waals surface area contributed by atoms with E-state index in [0.29, 0.717) is 17.3 Å². The SMILES string of the molecule is CC#Cc1cc2c(NC3CCN(C)CC3)cccc2n1CC(F)(F)F. The number of halogens is 3. The standard InChI is InChI=1S/C19H22F3N3/c1-3-5-15-12-16-17(23-14-8-10-24(2)11-9-14)6-4-7-18(16)25(15)13-19(20,21)22/h4,6-7,12,14,23H,8-11,13H2,1-2H3. The molecule has 0 bridgehead atoms. The van der Waals surface area contributed by atoms with Crippen LogP contribution in [-0.4, -0.2) is 41.8 Å². The van der Waals surface area contributed by atoms with Gasteiger partial charge in [0.25, 0.3) is 0 Å². The van der Waals surface area contributed by atoms with Crippen molar-refractivity contribution in [2.75, 3.05) is 25.5 Å². The highest BCUT2D eigenvalue weighted by molar-refractivity contribution is 5.94.